The van der Waals surface area contributed by atoms with Crippen molar-refractivity contribution in [3.05, 3.63) is 0 Å². The predicted octanol–water partition coefficient (Wildman–Crippen LogP) is -0.0622. The van der Waals surface area contributed by atoms with E-state index in [0.29, 0.717) is 18.7 Å². The number of carbonyl (C=O) groups is 1. The molecule has 0 N–H and O–H groups in total. The van der Waals surface area contributed by atoms with Gasteiger partial charge in [-0.25, -0.2) is 0 Å². The molecule has 0 amide bonds. The normalized spacial score (nSPS) is 41.0. The summed E-state index contributed by atoms with van der Waals surface area (Å²) in [5, 5.41) is 0. The average Bonchev–Trinajstić information content (AvgIpc) is 2.15. The summed E-state index contributed by atoms with van der Waals surface area (Å²) >= 11 is 0. The van der Waals surface area contributed by atoms with Crippen LogP contribution in [0.2, 0.25) is 0 Å². The summed E-state index contributed by atoms with van der Waals surface area (Å²) in [7, 11) is 0. The summed E-state index contributed by atoms with van der Waals surface area (Å²) in [6.07, 6.45) is 0. The van der Waals surface area contributed by atoms with Gasteiger partial charge in [0.2, 0.25) is 0 Å². The van der Waals surface area contributed by atoms with Gasteiger partial charge < -0.3 is 4.74 Å². The average molecular weight is 198 g/mol. The Morgan fingerprint density at radius 1 is 1.43 bits per heavy atom. The van der Waals surface area contributed by atoms with Crippen LogP contribution < -0.4 is 0 Å². The lowest BCUT2D eigenvalue weighted by Gasteiger charge is -2.51. The van der Waals surface area contributed by atoms with Crippen LogP contribution in [-0.2, 0) is 9.53 Å². The standard InChI is InChI=1S/C10H18N2O2/c1-8-5-11-3-4-12(8)10(6-11)7-14-9(2)13/h8,10H,3-7H2,1-2H3. The number of fused-ring (bicyclic) bond motifs is 3. The molecule has 3 aliphatic rings. The van der Waals surface area contributed by atoms with Gasteiger partial charge in [-0.3, -0.25) is 14.6 Å². The van der Waals surface area contributed by atoms with Gasteiger partial charge in [0, 0.05) is 39.1 Å². The maximum absolute atomic E-state index is 10.7. The third kappa shape index (κ3) is 1.91. The van der Waals surface area contributed by atoms with Crippen LogP contribution in [0, 0.1) is 0 Å². The minimum Gasteiger partial charge on any atom is -0.464 e. The minimum atomic E-state index is -0.171. The highest BCUT2D eigenvalue weighted by Crippen LogP contribution is 2.20. The second-order valence-electron chi connectivity index (χ2n) is 4.30. The van der Waals surface area contributed by atoms with Crippen LogP contribution in [0.25, 0.3) is 0 Å². The smallest absolute Gasteiger partial charge is 0.302 e. The van der Waals surface area contributed by atoms with E-state index in [1.807, 2.05) is 0 Å². The fourth-order valence-corrected chi connectivity index (χ4v) is 2.52. The van der Waals surface area contributed by atoms with Crippen molar-refractivity contribution in [1.29, 1.82) is 0 Å². The second-order valence-corrected chi connectivity index (χ2v) is 4.30. The van der Waals surface area contributed by atoms with Crippen molar-refractivity contribution in [2.75, 3.05) is 32.8 Å². The summed E-state index contributed by atoms with van der Waals surface area (Å²) < 4.78 is 5.08. The molecule has 0 aromatic heterocycles. The largest absolute Gasteiger partial charge is 0.464 e. The van der Waals surface area contributed by atoms with Crippen LogP contribution in [-0.4, -0.2) is 60.6 Å². The Morgan fingerprint density at radius 2 is 2.21 bits per heavy atom. The first-order valence-electron chi connectivity index (χ1n) is 5.28. The monoisotopic (exact) mass is 198 g/mol. The van der Waals surface area contributed by atoms with Crippen molar-refractivity contribution in [3.8, 4) is 0 Å². The Morgan fingerprint density at radius 3 is 2.79 bits per heavy atom. The molecule has 4 atom stereocenters. The van der Waals surface area contributed by atoms with Crippen LogP contribution >= 0.6 is 0 Å². The quantitative estimate of drug-likeness (QED) is 0.582. The number of esters is 1. The van der Waals surface area contributed by atoms with Crippen molar-refractivity contribution < 1.29 is 9.53 Å². The van der Waals surface area contributed by atoms with E-state index >= 15 is 0 Å². The molecule has 3 rings (SSSR count). The van der Waals surface area contributed by atoms with Crippen molar-refractivity contribution in [3.63, 3.8) is 0 Å². The Labute approximate surface area is 84.8 Å². The van der Waals surface area contributed by atoms with Gasteiger partial charge in [-0.1, -0.05) is 0 Å². The van der Waals surface area contributed by atoms with E-state index < -0.39 is 0 Å². The molecule has 0 aromatic carbocycles. The van der Waals surface area contributed by atoms with E-state index in [0.717, 1.165) is 19.6 Å². The van der Waals surface area contributed by atoms with E-state index in [1.54, 1.807) is 0 Å². The zero-order valence-electron chi connectivity index (χ0n) is 8.90. The van der Waals surface area contributed by atoms with Crippen LogP contribution in [0.3, 0.4) is 0 Å². The van der Waals surface area contributed by atoms with Crippen molar-refractivity contribution in [2.24, 2.45) is 0 Å². The molecule has 4 nitrogen and oxygen atoms in total. The Bertz CT molecular complexity index is 232. The van der Waals surface area contributed by atoms with E-state index in [1.165, 1.54) is 13.5 Å². The highest BCUT2D eigenvalue weighted by atomic mass is 16.5. The highest BCUT2D eigenvalue weighted by Gasteiger charge is 2.36. The molecule has 3 heterocycles. The van der Waals surface area contributed by atoms with Gasteiger partial charge in [0.1, 0.15) is 6.61 Å². The van der Waals surface area contributed by atoms with Gasteiger partial charge >= 0.3 is 5.97 Å². The van der Waals surface area contributed by atoms with E-state index in [-0.39, 0.29) is 5.97 Å². The SMILES string of the molecule is CC(=O)OCC1CN2CCN1C(C)C2. The molecular weight excluding hydrogens is 180 g/mol. The van der Waals surface area contributed by atoms with E-state index in [2.05, 4.69) is 16.7 Å². The van der Waals surface area contributed by atoms with Gasteiger partial charge in [0.05, 0.1) is 6.04 Å². The molecule has 2 bridgehead atoms. The van der Waals surface area contributed by atoms with E-state index in [9.17, 15) is 4.79 Å². The van der Waals surface area contributed by atoms with Crippen LogP contribution in [0.15, 0.2) is 0 Å². The van der Waals surface area contributed by atoms with Crippen LogP contribution in [0.1, 0.15) is 13.8 Å². The Balaban J connectivity index is 1.90. The maximum Gasteiger partial charge on any atom is 0.302 e. The third-order valence-electron chi connectivity index (χ3n) is 3.18. The molecule has 0 radical (unpaired) electrons. The molecule has 4 heteroatoms. The summed E-state index contributed by atoms with van der Waals surface area (Å²) in [5.41, 5.74) is 0. The minimum absolute atomic E-state index is 0.171. The molecule has 3 fully saturated rings. The third-order valence-corrected chi connectivity index (χ3v) is 3.18. The molecule has 0 saturated carbocycles. The number of ether oxygens (including phenoxy) is 1. The van der Waals surface area contributed by atoms with Crippen LogP contribution in [0.5, 0.6) is 0 Å². The van der Waals surface area contributed by atoms with Gasteiger partial charge in [-0.05, 0) is 6.92 Å². The molecule has 0 spiro atoms. The number of hydrogen-bond acceptors (Lipinski definition) is 4. The van der Waals surface area contributed by atoms with Gasteiger partial charge in [0.25, 0.3) is 0 Å². The van der Waals surface area contributed by atoms with Crippen molar-refractivity contribution >= 4 is 5.97 Å². The lowest BCUT2D eigenvalue weighted by molar-refractivity contribution is -0.145. The second kappa shape index (κ2) is 3.87. The first-order chi connectivity index (χ1) is 6.66. The summed E-state index contributed by atoms with van der Waals surface area (Å²) in [6.45, 7) is 8.77. The number of nitrogens with zero attached hydrogens (tertiary/aromatic N) is 2. The summed E-state index contributed by atoms with van der Waals surface area (Å²) in [6, 6.07) is 1.02. The number of hydrogen-bond donors (Lipinski definition) is 0. The predicted molar refractivity (Wildman–Crippen MR) is 53.0 cm³/mol. The maximum atomic E-state index is 10.7. The molecule has 0 aliphatic carbocycles. The molecule has 3 saturated heterocycles. The van der Waals surface area contributed by atoms with E-state index in [4.69, 9.17) is 4.74 Å². The molecule has 0 aromatic rings. The van der Waals surface area contributed by atoms with Gasteiger partial charge in [-0.2, -0.15) is 0 Å². The highest BCUT2D eigenvalue weighted by molar-refractivity contribution is 5.65. The number of piperazine rings is 3. The fraction of sp³-hybridized carbons (Fsp3) is 0.900. The number of rotatable bonds is 2. The first kappa shape index (κ1) is 9.93. The molecule has 80 valence electrons. The molecule has 14 heavy (non-hydrogen) atoms. The Hall–Kier alpha value is -0.610. The Kier molecular flexibility index (Phi) is 2.74. The summed E-state index contributed by atoms with van der Waals surface area (Å²) in [4.78, 5) is 15.6. The molecular formula is C10H18N2O2. The molecule has 4 unspecified atom stereocenters. The topological polar surface area (TPSA) is 32.8 Å². The lowest BCUT2D eigenvalue weighted by Crippen LogP contribution is -2.66. The van der Waals surface area contributed by atoms with Crippen molar-refractivity contribution in [2.45, 2.75) is 25.9 Å². The van der Waals surface area contributed by atoms with Crippen LogP contribution in [0.4, 0.5) is 0 Å². The van der Waals surface area contributed by atoms with Gasteiger partial charge in [0.15, 0.2) is 0 Å². The lowest BCUT2D eigenvalue weighted by atomic mass is 10.0. The van der Waals surface area contributed by atoms with Gasteiger partial charge in [-0.15, -0.1) is 0 Å². The first-order valence-corrected chi connectivity index (χ1v) is 5.28. The summed E-state index contributed by atoms with van der Waals surface area (Å²) in [5.74, 6) is -0.171. The van der Waals surface area contributed by atoms with Crippen molar-refractivity contribution in [1.82, 2.24) is 9.80 Å². The zero-order chi connectivity index (χ0) is 10.1. The number of carbonyl (C=O) groups excluding carboxylic acids is 1. The fourth-order valence-electron chi connectivity index (χ4n) is 2.52. The zero-order valence-corrected chi connectivity index (χ0v) is 8.90. The molecule has 3 aliphatic heterocycles.